The number of hydrogen-bond donors (Lipinski definition) is 2. The highest BCUT2D eigenvalue weighted by atomic mass is 79.9. The van der Waals surface area contributed by atoms with Crippen molar-refractivity contribution < 1.29 is 14.3 Å². The summed E-state index contributed by atoms with van der Waals surface area (Å²) in [6, 6.07) is 2.14. The number of imidazole rings is 1. The number of aromatic amines is 1. The molecule has 9 heteroatoms. The Morgan fingerprint density at radius 1 is 1.52 bits per heavy atom. The van der Waals surface area contributed by atoms with E-state index in [2.05, 4.69) is 36.0 Å². The molecule has 2 rings (SSSR count). The van der Waals surface area contributed by atoms with Crippen LogP contribution in [-0.4, -0.2) is 39.6 Å². The van der Waals surface area contributed by atoms with E-state index in [4.69, 9.17) is 0 Å². The Balaban J connectivity index is 2.04. The summed E-state index contributed by atoms with van der Waals surface area (Å²) in [5.41, 5.74) is 0.360. The van der Waals surface area contributed by atoms with Crippen LogP contribution >= 0.6 is 15.9 Å². The minimum Gasteiger partial charge on any atom is -0.467 e. The van der Waals surface area contributed by atoms with E-state index in [0.717, 1.165) is 0 Å². The highest BCUT2D eigenvalue weighted by molar-refractivity contribution is 9.10. The number of carbonyl (C=O) groups is 2. The Morgan fingerprint density at radius 2 is 2.30 bits per heavy atom. The van der Waals surface area contributed by atoms with E-state index in [1.165, 1.54) is 30.3 Å². The van der Waals surface area contributed by atoms with E-state index in [9.17, 15) is 14.4 Å². The van der Waals surface area contributed by atoms with Gasteiger partial charge in [0.2, 0.25) is 5.91 Å². The molecule has 1 atom stereocenters. The number of aromatic nitrogens is 3. The van der Waals surface area contributed by atoms with Gasteiger partial charge in [0.05, 0.1) is 13.4 Å². The number of methoxy groups -OCH3 is 1. The van der Waals surface area contributed by atoms with Crippen LogP contribution in [0.3, 0.4) is 0 Å². The van der Waals surface area contributed by atoms with Crippen LogP contribution in [0.5, 0.6) is 0 Å². The third kappa shape index (κ3) is 4.78. The van der Waals surface area contributed by atoms with Crippen LogP contribution in [0.1, 0.15) is 5.69 Å². The number of amides is 1. The van der Waals surface area contributed by atoms with Gasteiger partial charge >= 0.3 is 5.97 Å². The molecule has 2 aromatic rings. The maximum atomic E-state index is 12.1. The fraction of sp³-hybridized carbons (Fsp3) is 0.286. The number of nitrogens with one attached hydrogen (secondary N) is 2. The Labute approximate surface area is 140 Å². The Bertz CT molecular complexity index is 741. The lowest BCUT2D eigenvalue weighted by Gasteiger charge is -2.16. The number of halogens is 1. The number of pyridine rings is 1. The Morgan fingerprint density at radius 3 is 2.91 bits per heavy atom. The monoisotopic (exact) mass is 382 g/mol. The summed E-state index contributed by atoms with van der Waals surface area (Å²) in [6.45, 7) is -0.192. The first kappa shape index (κ1) is 16.9. The van der Waals surface area contributed by atoms with Gasteiger partial charge in [-0.2, -0.15) is 0 Å². The van der Waals surface area contributed by atoms with Crippen molar-refractivity contribution in [2.24, 2.45) is 0 Å². The molecule has 0 saturated heterocycles. The molecular formula is C14H15BrN4O4. The second-order valence-electron chi connectivity index (χ2n) is 4.74. The highest BCUT2D eigenvalue weighted by Crippen LogP contribution is 2.04. The van der Waals surface area contributed by atoms with Gasteiger partial charge in [0.15, 0.2) is 0 Å². The van der Waals surface area contributed by atoms with E-state index in [1.807, 2.05) is 0 Å². The van der Waals surface area contributed by atoms with Gasteiger partial charge in [-0.3, -0.25) is 9.59 Å². The number of rotatable bonds is 6. The summed E-state index contributed by atoms with van der Waals surface area (Å²) in [5.74, 6) is -1.04. The standard InChI is InChI=1S/C14H15BrN4O4/c1-23-14(22)11(5-10-6-16-8-17-10)18-12(20)7-19-3-2-9(15)4-13(19)21/h2-4,6,8,11H,5,7H2,1H3,(H,16,17)(H,18,20)/t11-/m1/s1. The molecule has 1 amide bonds. The zero-order valence-corrected chi connectivity index (χ0v) is 13.9. The molecule has 0 saturated carbocycles. The molecule has 0 aliphatic carbocycles. The van der Waals surface area contributed by atoms with Crippen molar-refractivity contribution in [3.63, 3.8) is 0 Å². The number of H-pyrrole nitrogens is 1. The zero-order valence-electron chi connectivity index (χ0n) is 12.3. The summed E-state index contributed by atoms with van der Waals surface area (Å²) < 4.78 is 6.56. The molecular weight excluding hydrogens is 368 g/mol. The third-order valence-corrected chi connectivity index (χ3v) is 3.57. The van der Waals surface area contributed by atoms with Gasteiger partial charge < -0.3 is 19.6 Å². The van der Waals surface area contributed by atoms with Crippen molar-refractivity contribution in [1.82, 2.24) is 19.9 Å². The van der Waals surface area contributed by atoms with Crippen LogP contribution in [-0.2, 0) is 27.3 Å². The number of ether oxygens (including phenoxy) is 1. The number of esters is 1. The predicted octanol–water partition coefficient (Wildman–Crippen LogP) is 0.234. The van der Waals surface area contributed by atoms with Gasteiger partial charge in [0, 0.05) is 35.0 Å². The topological polar surface area (TPSA) is 106 Å². The molecule has 2 heterocycles. The van der Waals surface area contributed by atoms with Crippen molar-refractivity contribution in [2.45, 2.75) is 19.0 Å². The van der Waals surface area contributed by atoms with Crippen molar-refractivity contribution >= 4 is 27.8 Å². The molecule has 0 unspecified atom stereocenters. The zero-order chi connectivity index (χ0) is 16.8. The van der Waals surface area contributed by atoms with Gasteiger partial charge in [-0.05, 0) is 6.07 Å². The molecule has 2 aromatic heterocycles. The van der Waals surface area contributed by atoms with Crippen molar-refractivity contribution in [3.05, 3.63) is 51.4 Å². The maximum Gasteiger partial charge on any atom is 0.328 e. The smallest absolute Gasteiger partial charge is 0.328 e. The fourth-order valence-corrected chi connectivity index (χ4v) is 2.27. The normalized spacial score (nSPS) is 11.7. The first-order chi connectivity index (χ1) is 11.0. The third-order valence-electron chi connectivity index (χ3n) is 3.07. The molecule has 2 N–H and O–H groups in total. The molecule has 0 aliphatic rings. The van der Waals surface area contributed by atoms with Crippen molar-refractivity contribution in [1.29, 1.82) is 0 Å². The van der Waals surface area contributed by atoms with E-state index < -0.39 is 17.9 Å². The first-order valence-electron chi connectivity index (χ1n) is 6.70. The molecule has 0 radical (unpaired) electrons. The molecule has 0 aliphatic heterocycles. The van der Waals surface area contributed by atoms with Crippen LogP contribution < -0.4 is 10.9 Å². The quantitative estimate of drug-likeness (QED) is 0.695. The lowest BCUT2D eigenvalue weighted by Crippen LogP contribution is -2.45. The lowest BCUT2D eigenvalue weighted by atomic mass is 10.1. The molecule has 0 fully saturated rings. The number of hydrogen-bond acceptors (Lipinski definition) is 5. The highest BCUT2D eigenvalue weighted by Gasteiger charge is 2.22. The van der Waals surface area contributed by atoms with Gasteiger partial charge in [-0.1, -0.05) is 15.9 Å². The van der Waals surface area contributed by atoms with Gasteiger partial charge in [0.1, 0.15) is 12.6 Å². The summed E-state index contributed by atoms with van der Waals surface area (Å²) in [7, 11) is 1.24. The molecule has 23 heavy (non-hydrogen) atoms. The van der Waals surface area contributed by atoms with Gasteiger partial charge in [-0.25, -0.2) is 9.78 Å². The molecule has 0 spiro atoms. The van der Waals surface area contributed by atoms with E-state index in [-0.39, 0.29) is 18.5 Å². The average Bonchev–Trinajstić information content (AvgIpc) is 3.01. The Kier molecular flexibility index (Phi) is 5.69. The van der Waals surface area contributed by atoms with E-state index >= 15 is 0 Å². The number of nitrogens with zero attached hydrogens (tertiary/aromatic N) is 2. The van der Waals surface area contributed by atoms with Crippen LogP contribution in [0, 0.1) is 0 Å². The Hall–Kier alpha value is -2.42. The SMILES string of the molecule is COC(=O)[C@@H](Cc1cnc[nH]1)NC(=O)Cn1ccc(Br)cc1=O. The largest absolute Gasteiger partial charge is 0.467 e. The summed E-state index contributed by atoms with van der Waals surface area (Å²) in [6.07, 6.45) is 4.75. The van der Waals surface area contributed by atoms with Crippen LogP contribution in [0.2, 0.25) is 0 Å². The van der Waals surface area contributed by atoms with Crippen molar-refractivity contribution in [3.8, 4) is 0 Å². The first-order valence-corrected chi connectivity index (χ1v) is 7.49. The van der Waals surface area contributed by atoms with Gasteiger partial charge in [0.25, 0.3) is 5.56 Å². The minimum atomic E-state index is -0.862. The second-order valence-corrected chi connectivity index (χ2v) is 5.65. The predicted molar refractivity (Wildman–Crippen MR) is 84.6 cm³/mol. The van der Waals surface area contributed by atoms with Crippen LogP contribution in [0.25, 0.3) is 0 Å². The van der Waals surface area contributed by atoms with Crippen LogP contribution in [0.4, 0.5) is 0 Å². The average molecular weight is 383 g/mol. The maximum absolute atomic E-state index is 12.1. The van der Waals surface area contributed by atoms with E-state index in [1.54, 1.807) is 12.3 Å². The molecule has 8 nitrogen and oxygen atoms in total. The second kappa shape index (κ2) is 7.73. The van der Waals surface area contributed by atoms with Gasteiger partial charge in [-0.15, -0.1) is 0 Å². The minimum absolute atomic E-state index is 0.192. The fourth-order valence-electron chi connectivity index (χ4n) is 1.96. The lowest BCUT2D eigenvalue weighted by molar-refractivity contribution is -0.145. The van der Waals surface area contributed by atoms with Crippen LogP contribution in [0.15, 0.2) is 40.1 Å². The summed E-state index contributed by atoms with van der Waals surface area (Å²) in [5, 5.41) is 2.56. The molecule has 0 bridgehead atoms. The number of carbonyl (C=O) groups excluding carboxylic acids is 2. The molecule has 0 aromatic carbocycles. The summed E-state index contributed by atoms with van der Waals surface area (Å²) >= 11 is 3.18. The van der Waals surface area contributed by atoms with Crippen molar-refractivity contribution in [2.75, 3.05) is 7.11 Å². The van der Waals surface area contributed by atoms with E-state index in [0.29, 0.717) is 10.2 Å². The molecule has 122 valence electrons. The summed E-state index contributed by atoms with van der Waals surface area (Å²) in [4.78, 5) is 42.4.